The lowest BCUT2D eigenvalue weighted by Gasteiger charge is -2.15. The molecule has 3 rings (SSSR count). The summed E-state index contributed by atoms with van der Waals surface area (Å²) >= 11 is 6.07. The van der Waals surface area contributed by atoms with Crippen LogP contribution in [0.25, 0.3) is 10.9 Å². The molecular formula is C18H14ClN3O5. The van der Waals surface area contributed by atoms with E-state index in [-0.39, 0.29) is 35.0 Å². The summed E-state index contributed by atoms with van der Waals surface area (Å²) in [5.74, 6) is -0.846. The minimum atomic E-state index is -0.626. The van der Waals surface area contributed by atoms with Gasteiger partial charge in [0.05, 0.1) is 28.4 Å². The van der Waals surface area contributed by atoms with Crippen molar-refractivity contribution in [3.63, 3.8) is 0 Å². The second-order valence-electron chi connectivity index (χ2n) is 5.51. The summed E-state index contributed by atoms with van der Waals surface area (Å²) in [6.45, 7) is 1.83. The van der Waals surface area contributed by atoms with Crippen LogP contribution in [0, 0.1) is 10.1 Å². The van der Waals surface area contributed by atoms with Crippen LogP contribution in [0.5, 0.6) is 5.75 Å². The Morgan fingerprint density at radius 1 is 1.33 bits per heavy atom. The summed E-state index contributed by atoms with van der Waals surface area (Å²) in [5, 5.41) is 24.9. The van der Waals surface area contributed by atoms with E-state index in [9.17, 15) is 20.0 Å². The van der Waals surface area contributed by atoms with Gasteiger partial charge in [0.25, 0.3) is 5.69 Å². The zero-order valence-corrected chi connectivity index (χ0v) is 14.9. The molecule has 0 radical (unpaired) electrons. The predicted octanol–water partition coefficient (Wildman–Crippen LogP) is 4.42. The van der Waals surface area contributed by atoms with Crippen molar-refractivity contribution in [1.82, 2.24) is 4.98 Å². The first-order valence-corrected chi connectivity index (χ1v) is 8.28. The Morgan fingerprint density at radius 2 is 2.11 bits per heavy atom. The molecule has 0 aliphatic heterocycles. The van der Waals surface area contributed by atoms with Crippen LogP contribution >= 0.6 is 11.6 Å². The van der Waals surface area contributed by atoms with Crippen LogP contribution in [0.15, 0.2) is 42.6 Å². The Morgan fingerprint density at radius 3 is 2.81 bits per heavy atom. The number of aromatic hydroxyl groups is 1. The molecule has 0 saturated heterocycles. The second kappa shape index (κ2) is 7.46. The second-order valence-corrected chi connectivity index (χ2v) is 5.95. The van der Waals surface area contributed by atoms with Crippen molar-refractivity contribution in [2.75, 3.05) is 11.9 Å². The van der Waals surface area contributed by atoms with Gasteiger partial charge >= 0.3 is 5.97 Å². The van der Waals surface area contributed by atoms with E-state index < -0.39 is 10.9 Å². The van der Waals surface area contributed by atoms with Gasteiger partial charge in [-0.05, 0) is 31.2 Å². The Kier molecular flexibility index (Phi) is 5.09. The summed E-state index contributed by atoms with van der Waals surface area (Å²) < 4.78 is 5.06. The van der Waals surface area contributed by atoms with Gasteiger partial charge in [0.1, 0.15) is 11.3 Å². The average molecular weight is 388 g/mol. The minimum absolute atomic E-state index is 0.0576. The van der Waals surface area contributed by atoms with Gasteiger partial charge in [0, 0.05) is 28.7 Å². The van der Waals surface area contributed by atoms with Crippen LogP contribution in [0.3, 0.4) is 0 Å². The maximum absolute atomic E-state index is 12.3. The molecular weight excluding hydrogens is 374 g/mol. The number of ether oxygens (including phenoxy) is 1. The molecule has 0 atom stereocenters. The number of esters is 1. The number of nitrogens with one attached hydrogen (secondary N) is 1. The molecule has 9 heteroatoms. The molecule has 2 N–H and O–H groups in total. The van der Waals surface area contributed by atoms with E-state index >= 15 is 0 Å². The summed E-state index contributed by atoms with van der Waals surface area (Å²) in [6, 6.07) is 8.46. The van der Waals surface area contributed by atoms with Crippen molar-refractivity contribution >= 4 is 45.5 Å². The van der Waals surface area contributed by atoms with E-state index in [2.05, 4.69) is 10.3 Å². The number of halogens is 1. The Bertz CT molecular complexity index is 1050. The smallest absolute Gasteiger partial charge is 0.341 e. The van der Waals surface area contributed by atoms with Crippen LogP contribution in [0.1, 0.15) is 17.3 Å². The highest BCUT2D eigenvalue weighted by atomic mass is 35.5. The zero-order chi connectivity index (χ0) is 19.6. The monoisotopic (exact) mass is 387 g/mol. The SMILES string of the molecule is CCOC(=O)c1cnc2ccc(Cl)cc2c1Nc1cc([N+](=O)[O-])ccc1O. The van der Waals surface area contributed by atoms with Gasteiger partial charge in [-0.2, -0.15) is 0 Å². The van der Waals surface area contributed by atoms with Crippen molar-refractivity contribution in [1.29, 1.82) is 0 Å². The Balaban J connectivity index is 2.20. The molecule has 0 saturated carbocycles. The van der Waals surface area contributed by atoms with Gasteiger partial charge in [0.2, 0.25) is 0 Å². The van der Waals surface area contributed by atoms with Crippen LogP contribution < -0.4 is 5.32 Å². The fraction of sp³-hybridized carbons (Fsp3) is 0.111. The average Bonchev–Trinajstić information content (AvgIpc) is 2.63. The van der Waals surface area contributed by atoms with Crippen molar-refractivity contribution in [2.45, 2.75) is 6.92 Å². The van der Waals surface area contributed by atoms with Crippen LogP contribution in [0.2, 0.25) is 5.02 Å². The fourth-order valence-corrected chi connectivity index (χ4v) is 2.71. The molecule has 0 amide bonds. The van der Waals surface area contributed by atoms with Crippen LogP contribution in [-0.4, -0.2) is 27.6 Å². The third-order valence-corrected chi connectivity index (χ3v) is 4.01. The van der Waals surface area contributed by atoms with Crippen molar-refractivity contribution in [2.24, 2.45) is 0 Å². The van der Waals surface area contributed by atoms with Gasteiger partial charge in [-0.3, -0.25) is 15.1 Å². The highest BCUT2D eigenvalue weighted by molar-refractivity contribution is 6.31. The van der Waals surface area contributed by atoms with E-state index in [1.54, 1.807) is 25.1 Å². The number of rotatable bonds is 5. The number of hydrogen-bond acceptors (Lipinski definition) is 7. The molecule has 1 aromatic heterocycles. The third-order valence-electron chi connectivity index (χ3n) is 3.78. The minimum Gasteiger partial charge on any atom is -0.506 e. The summed E-state index contributed by atoms with van der Waals surface area (Å²) in [7, 11) is 0. The number of nitrogens with zero attached hydrogens (tertiary/aromatic N) is 2. The Hall–Kier alpha value is -3.39. The molecule has 0 unspecified atom stereocenters. The molecule has 0 bridgehead atoms. The first-order chi connectivity index (χ1) is 12.9. The lowest BCUT2D eigenvalue weighted by atomic mass is 10.1. The molecule has 0 fully saturated rings. The normalized spacial score (nSPS) is 10.6. The zero-order valence-electron chi connectivity index (χ0n) is 14.1. The number of nitro groups is 1. The molecule has 0 aliphatic rings. The molecule has 0 spiro atoms. The number of anilines is 2. The van der Waals surface area contributed by atoms with Gasteiger partial charge < -0.3 is 15.2 Å². The van der Waals surface area contributed by atoms with E-state index in [4.69, 9.17) is 16.3 Å². The number of pyridine rings is 1. The summed E-state index contributed by atoms with van der Waals surface area (Å²) in [4.78, 5) is 27.0. The molecule has 138 valence electrons. The standard InChI is InChI=1S/C18H14ClN3O5/c1-2-27-18(24)13-9-20-14-5-3-10(19)7-12(14)17(13)21-15-8-11(22(25)26)4-6-16(15)23/h3-9,23H,2H2,1H3,(H,20,21). The number of benzene rings is 2. The number of carbonyl (C=O) groups excluding carboxylic acids is 1. The number of phenolic OH excluding ortho intramolecular Hbond substituents is 1. The predicted molar refractivity (Wildman–Crippen MR) is 101 cm³/mol. The van der Waals surface area contributed by atoms with Crippen molar-refractivity contribution < 1.29 is 19.6 Å². The van der Waals surface area contributed by atoms with Gasteiger partial charge in [-0.15, -0.1) is 0 Å². The molecule has 8 nitrogen and oxygen atoms in total. The van der Waals surface area contributed by atoms with Crippen molar-refractivity contribution in [3.05, 3.63) is 63.3 Å². The lowest BCUT2D eigenvalue weighted by molar-refractivity contribution is -0.384. The first kappa shape index (κ1) is 18.4. The number of aromatic nitrogens is 1. The topological polar surface area (TPSA) is 115 Å². The summed E-state index contributed by atoms with van der Waals surface area (Å²) in [6.07, 6.45) is 1.34. The number of fused-ring (bicyclic) bond motifs is 1. The van der Waals surface area contributed by atoms with Crippen LogP contribution in [-0.2, 0) is 4.74 Å². The van der Waals surface area contributed by atoms with Gasteiger partial charge in [0.15, 0.2) is 0 Å². The first-order valence-electron chi connectivity index (χ1n) is 7.90. The van der Waals surface area contributed by atoms with Crippen LogP contribution in [0.4, 0.5) is 17.1 Å². The van der Waals surface area contributed by atoms with Gasteiger partial charge in [-0.1, -0.05) is 11.6 Å². The highest BCUT2D eigenvalue weighted by Crippen LogP contribution is 2.36. The Labute approximate surface area is 158 Å². The van der Waals surface area contributed by atoms with E-state index in [0.29, 0.717) is 15.9 Å². The molecule has 0 aliphatic carbocycles. The van der Waals surface area contributed by atoms with E-state index in [1.807, 2.05) is 0 Å². The van der Waals surface area contributed by atoms with Gasteiger partial charge in [-0.25, -0.2) is 4.79 Å². The summed E-state index contributed by atoms with van der Waals surface area (Å²) in [5.41, 5.74) is 0.765. The van der Waals surface area contributed by atoms with E-state index in [0.717, 1.165) is 0 Å². The molecule has 27 heavy (non-hydrogen) atoms. The van der Waals surface area contributed by atoms with Crippen molar-refractivity contribution in [3.8, 4) is 5.75 Å². The maximum Gasteiger partial charge on any atom is 0.341 e. The van der Waals surface area contributed by atoms with E-state index in [1.165, 1.54) is 24.4 Å². The number of non-ortho nitro benzene ring substituents is 1. The molecule has 3 aromatic rings. The maximum atomic E-state index is 12.3. The largest absolute Gasteiger partial charge is 0.506 e. The highest BCUT2D eigenvalue weighted by Gasteiger charge is 2.19. The number of hydrogen-bond donors (Lipinski definition) is 2. The molecule has 2 aromatic carbocycles. The third kappa shape index (κ3) is 3.75. The molecule has 1 heterocycles. The fourth-order valence-electron chi connectivity index (χ4n) is 2.54. The number of carbonyl (C=O) groups is 1. The quantitative estimate of drug-likeness (QED) is 0.288. The number of phenols is 1. The number of nitro benzene ring substituents is 1. The lowest BCUT2D eigenvalue weighted by Crippen LogP contribution is -2.09.